The molecule has 9 heteroatoms. The molecular formula is C26H32N4O5. The van der Waals surface area contributed by atoms with Gasteiger partial charge in [0.2, 0.25) is 5.91 Å². The molecule has 0 spiro atoms. The Hall–Kier alpha value is -3.88. The maximum atomic E-state index is 13.0. The second-order valence-electron chi connectivity index (χ2n) is 9.13. The van der Waals surface area contributed by atoms with Gasteiger partial charge in [0.05, 0.1) is 32.9 Å². The van der Waals surface area contributed by atoms with Gasteiger partial charge in [0.25, 0.3) is 0 Å². The number of methoxy groups -OCH3 is 2. The average Bonchev–Trinajstić information content (AvgIpc) is 2.82. The third-order valence-electron chi connectivity index (χ3n) is 5.27. The van der Waals surface area contributed by atoms with Crippen molar-refractivity contribution < 1.29 is 23.8 Å². The van der Waals surface area contributed by atoms with Gasteiger partial charge in [-0.2, -0.15) is 0 Å². The summed E-state index contributed by atoms with van der Waals surface area (Å²) in [6.07, 6.45) is 4.71. The van der Waals surface area contributed by atoms with E-state index >= 15 is 0 Å². The van der Waals surface area contributed by atoms with E-state index in [1.807, 2.05) is 18.2 Å². The number of benzene rings is 1. The Kier molecular flexibility index (Phi) is 8.11. The molecule has 3 rings (SSSR count). The smallest absolute Gasteiger partial charge is 0.407 e. The standard InChI is InChI=1S/C26H32N4O5/c1-26(2,3)35-25(32)29-15-21-20-12-23(34-6)22(33-5)11-19(20)18(14-28-21)10-24(31)30(4)16-17-8-7-9-27-13-17/h7-9,11-14H,10,15-16H2,1-6H3,(H,29,32). The molecule has 0 saturated carbocycles. The predicted molar refractivity (Wildman–Crippen MR) is 132 cm³/mol. The summed E-state index contributed by atoms with van der Waals surface area (Å²) in [6.45, 7) is 6.00. The molecule has 1 N–H and O–H groups in total. The number of nitrogens with zero attached hydrogens (tertiary/aromatic N) is 3. The van der Waals surface area contributed by atoms with Crippen LogP contribution in [0.1, 0.15) is 37.6 Å². The SMILES string of the molecule is COc1cc2c(CC(=O)N(C)Cc3cccnc3)cnc(CNC(=O)OC(C)(C)C)c2cc1OC. The van der Waals surface area contributed by atoms with Gasteiger partial charge in [0.15, 0.2) is 11.5 Å². The normalized spacial score (nSPS) is 11.1. The minimum atomic E-state index is -0.609. The topological polar surface area (TPSA) is 103 Å². The Morgan fingerprint density at radius 1 is 1.06 bits per heavy atom. The van der Waals surface area contributed by atoms with E-state index in [9.17, 15) is 9.59 Å². The summed E-state index contributed by atoms with van der Waals surface area (Å²) in [7, 11) is 4.87. The Morgan fingerprint density at radius 2 is 1.74 bits per heavy atom. The Bertz CT molecular complexity index is 1190. The number of aromatic nitrogens is 2. The van der Waals surface area contributed by atoms with Crippen molar-refractivity contribution in [2.24, 2.45) is 0 Å². The van der Waals surface area contributed by atoms with Crippen LogP contribution in [0.2, 0.25) is 0 Å². The molecular weight excluding hydrogens is 448 g/mol. The molecule has 3 aromatic rings. The van der Waals surface area contributed by atoms with E-state index in [0.29, 0.717) is 23.7 Å². The lowest BCUT2D eigenvalue weighted by atomic mass is 10.0. The highest BCUT2D eigenvalue weighted by Crippen LogP contribution is 2.35. The second kappa shape index (κ2) is 11.0. The molecule has 0 saturated heterocycles. The molecule has 0 bridgehead atoms. The van der Waals surface area contributed by atoms with Crippen LogP contribution in [0.4, 0.5) is 4.79 Å². The van der Waals surface area contributed by atoms with Crippen molar-refractivity contribution >= 4 is 22.8 Å². The number of fused-ring (bicyclic) bond motifs is 1. The zero-order valence-electron chi connectivity index (χ0n) is 21.0. The molecule has 0 aliphatic carbocycles. The van der Waals surface area contributed by atoms with E-state index in [2.05, 4.69) is 15.3 Å². The van der Waals surface area contributed by atoms with Gasteiger partial charge in [-0.3, -0.25) is 14.8 Å². The van der Waals surface area contributed by atoms with Crippen molar-refractivity contribution in [2.45, 2.75) is 45.9 Å². The first-order valence-corrected chi connectivity index (χ1v) is 11.2. The number of hydrogen-bond donors (Lipinski definition) is 1. The van der Waals surface area contributed by atoms with Crippen LogP contribution < -0.4 is 14.8 Å². The molecule has 1 aromatic carbocycles. The first-order chi connectivity index (χ1) is 16.6. The molecule has 35 heavy (non-hydrogen) atoms. The first-order valence-electron chi connectivity index (χ1n) is 11.2. The van der Waals surface area contributed by atoms with Crippen molar-refractivity contribution in [1.29, 1.82) is 0 Å². The van der Waals surface area contributed by atoms with Gasteiger partial charge in [-0.25, -0.2) is 4.79 Å². The molecule has 0 aliphatic heterocycles. The maximum Gasteiger partial charge on any atom is 0.407 e. The van der Waals surface area contributed by atoms with Gasteiger partial charge in [-0.15, -0.1) is 0 Å². The van der Waals surface area contributed by atoms with E-state index in [1.54, 1.807) is 71.6 Å². The minimum absolute atomic E-state index is 0.0635. The molecule has 0 fully saturated rings. The summed E-state index contributed by atoms with van der Waals surface area (Å²) < 4.78 is 16.3. The number of nitrogens with one attached hydrogen (secondary N) is 1. The van der Waals surface area contributed by atoms with E-state index < -0.39 is 11.7 Å². The molecule has 9 nitrogen and oxygen atoms in total. The third kappa shape index (κ3) is 6.81. The van der Waals surface area contributed by atoms with E-state index in [-0.39, 0.29) is 18.9 Å². The fraction of sp³-hybridized carbons (Fsp3) is 0.385. The minimum Gasteiger partial charge on any atom is -0.493 e. The summed E-state index contributed by atoms with van der Waals surface area (Å²) in [5.74, 6) is 0.999. The molecule has 2 amide bonds. The number of alkyl carbamates (subject to hydrolysis) is 1. The zero-order valence-corrected chi connectivity index (χ0v) is 21.0. The molecule has 2 heterocycles. The van der Waals surface area contributed by atoms with Crippen LogP contribution in [0.15, 0.2) is 42.9 Å². The number of carbonyl (C=O) groups is 2. The molecule has 186 valence electrons. The van der Waals surface area contributed by atoms with Gasteiger partial charge in [-0.05, 0) is 55.5 Å². The van der Waals surface area contributed by atoms with Crippen LogP contribution in [-0.4, -0.2) is 53.7 Å². The van der Waals surface area contributed by atoms with Gasteiger partial charge in [0, 0.05) is 37.6 Å². The lowest BCUT2D eigenvalue weighted by molar-refractivity contribution is -0.129. The summed E-state index contributed by atoms with van der Waals surface area (Å²) in [5, 5.41) is 4.28. The van der Waals surface area contributed by atoms with Crippen molar-refractivity contribution in [3.63, 3.8) is 0 Å². The maximum absolute atomic E-state index is 13.0. The van der Waals surface area contributed by atoms with E-state index in [0.717, 1.165) is 21.9 Å². The van der Waals surface area contributed by atoms with Crippen LogP contribution in [0.3, 0.4) is 0 Å². The van der Waals surface area contributed by atoms with Crippen LogP contribution in [0, 0.1) is 0 Å². The first kappa shape index (κ1) is 25.7. The second-order valence-corrected chi connectivity index (χ2v) is 9.13. The van der Waals surface area contributed by atoms with Crippen molar-refractivity contribution in [3.05, 3.63) is 59.7 Å². The largest absolute Gasteiger partial charge is 0.493 e. The third-order valence-corrected chi connectivity index (χ3v) is 5.27. The molecule has 0 unspecified atom stereocenters. The van der Waals surface area contributed by atoms with Gasteiger partial charge in [-0.1, -0.05) is 6.07 Å². The molecule has 0 radical (unpaired) electrons. The number of carbonyl (C=O) groups excluding carboxylic acids is 2. The van der Waals surface area contributed by atoms with Crippen LogP contribution in [0.25, 0.3) is 10.8 Å². The van der Waals surface area contributed by atoms with Crippen molar-refractivity contribution in [3.8, 4) is 11.5 Å². The monoisotopic (exact) mass is 480 g/mol. The van der Waals surface area contributed by atoms with E-state index in [1.165, 1.54) is 0 Å². The molecule has 2 aromatic heterocycles. The summed E-state index contributed by atoms with van der Waals surface area (Å²) in [5.41, 5.74) is 1.69. The van der Waals surface area contributed by atoms with Crippen molar-refractivity contribution in [2.75, 3.05) is 21.3 Å². The number of rotatable bonds is 8. The number of ether oxygens (including phenoxy) is 3. The highest BCUT2D eigenvalue weighted by Gasteiger charge is 2.19. The van der Waals surface area contributed by atoms with E-state index in [4.69, 9.17) is 14.2 Å². The lowest BCUT2D eigenvalue weighted by Gasteiger charge is -2.20. The average molecular weight is 481 g/mol. The van der Waals surface area contributed by atoms with Gasteiger partial charge >= 0.3 is 6.09 Å². The van der Waals surface area contributed by atoms with Crippen LogP contribution >= 0.6 is 0 Å². The molecule has 0 atom stereocenters. The van der Waals surface area contributed by atoms with Gasteiger partial charge < -0.3 is 24.4 Å². The summed E-state index contributed by atoms with van der Waals surface area (Å²) in [6, 6.07) is 7.41. The number of pyridine rings is 2. The number of likely N-dealkylation sites (N-methyl/N-ethyl adjacent to an activating group) is 1. The number of amides is 2. The quantitative estimate of drug-likeness (QED) is 0.522. The fourth-order valence-electron chi connectivity index (χ4n) is 3.58. The summed E-state index contributed by atoms with van der Waals surface area (Å²) in [4.78, 5) is 35.5. The Labute approximate surface area is 205 Å². The summed E-state index contributed by atoms with van der Waals surface area (Å²) >= 11 is 0. The Balaban J connectivity index is 1.90. The Morgan fingerprint density at radius 3 is 2.34 bits per heavy atom. The highest BCUT2D eigenvalue weighted by molar-refractivity contribution is 5.93. The van der Waals surface area contributed by atoms with Crippen LogP contribution in [-0.2, 0) is 29.0 Å². The highest BCUT2D eigenvalue weighted by atomic mass is 16.6. The van der Waals surface area contributed by atoms with Crippen molar-refractivity contribution in [1.82, 2.24) is 20.2 Å². The van der Waals surface area contributed by atoms with Crippen LogP contribution in [0.5, 0.6) is 11.5 Å². The lowest BCUT2D eigenvalue weighted by Crippen LogP contribution is -2.32. The fourth-order valence-corrected chi connectivity index (χ4v) is 3.58. The number of hydrogen-bond acceptors (Lipinski definition) is 7. The van der Waals surface area contributed by atoms with Gasteiger partial charge in [0.1, 0.15) is 5.60 Å². The predicted octanol–water partition coefficient (Wildman–Crippen LogP) is 3.87. The molecule has 0 aliphatic rings. The zero-order chi connectivity index (χ0) is 25.6.